The van der Waals surface area contributed by atoms with Gasteiger partial charge in [-0.2, -0.15) is 4.98 Å². The zero-order chi connectivity index (χ0) is 12.5. The van der Waals surface area contributed by atoms with Gasteiger partial charge in [-0.3, -0.25) is 0 Å². The highest BCUT2D eigenvalue weighted by molar-refractivity contribution is 5.78. The van der Waals surface area contributed by atoms with Gasteiger partial charge in [-0.1, -0.05) is 12.1 Å². The lowest BCUT2D eigenvalue weighted by molar-refractivity contribution is 0.611. The van der Waals surface area contributed by atoms with Gasteiger partial charge in [0.15, 0.2) is 5.58 Å². The first-order valence-electron chi connectivity index (χ1n) is 5.40. The summed E-state index contributed by atoms with van der Waals surface area (Å²) in [6.45, 7) is 0. The van der Waals surface area contributed by atoms with Gasteiger partial charge in [-0.25, -0.2) is 4.39 Å². The quantitative estimate of drug-likeness (QED) is 0.678. The fourth-order valence-corrected chi connectivity index (χ4v) is 1.68. The number of halogens is 1. The maximum absolute atomic E-state index is 13.4. The second-order valence-corrected chi connectivity index (χ2v) is 3.85. The van der Waals surface area contributed by atoms with Gasteiger partial charge in [0.25, 0.3) is 6.01 Å². The number of nitrogens with one attached hydrogen (secondary N) is 1. The molecule has 0 spiro atoms. The molecule has 0 radical (unpaired) electrons. The monoisotopic (exact) mass is 243 g/mol. The van der Waals surface area contributed by atoms with Crippen LogP contribution in [0.1, 0.15) is 0 Å². The van der Waals surface area contributed by atoms with Crippen LogP contribution in [0.5, 0.6) is 0 Å². The minimum absolute atomic E-state index is 0.237. The molecule has 0 aliphatic heterocycles. The van der Waals surface area contributed by atoms with Crippen molar-refractivity contribution in [2.45, 2.75) is 0 Å². The molecule has 0 atom stereocenters. The van der Waals surface area contributed by atoms with E-state index in [0.29, 0.717) is 22.5 Å². The molecule has 1 heterocycles. The van der Waals surface area contributed by atoms with Crippen LogP contribution in [-0.4, -0.2) is 4.98 Å². The standard InChI is InChI=1S/C13H10FN3O/c14-9-3-1-2-4-10(9)16-13-17-11-7-8(15)5-6-12(11)18-13/h1-7H,15H2,(H,16,17). The Bertz CT molecular complexity index is 708. The summed E-state index contributed by atoms with van der Waals surface area (Å²) >= 11 is 0. The summed E-state index contributed by atoms with van der Waals surface area (Å²) in [6, 6.07) is 11.7. The first-order chi connectivity index (χ1) is 8.72. The van der Waals surface area contributed by atoms with E-state index in [4.69, 9.17) is 10.2 Å². The van der Waals surface area contributed by atoms with Crippen LogP contribution in [0.3, 0.4) is 0 Å². The summed E-state index contributed by atoms with van der Waals surface area (Å²) in [5.41, 5.74) is 7.80. The number of rotatable bonds is 2. The number of hydrogen-bond acceptors (Lipinski definition) is 4. The molecule has 4 nitrogen and oxygen atoms in total. The zero-order valence-electron chi connectivity index (χ0n) is 9.35. The van der Waals surface area contributed by atoms with E-state index in [2.05, 4.69) is 10.3 Å². The average molecular weight is 243 g/mol. The van der Waals surface area contributed by atoms with Crippen LogP contribution in [0.15, 0.2) is 46.9 Å². The third-order valence-electron chi connectivity index (χ3n) is 2.53. The van der Waals surface area contributed by atoms with Crippen molar-refractivity contribution in [2.75, 3.05) is 11.1 Å². The number of para-hydroxylation sites is 1. The minimum atomic E-state index is -0.362. The molecule has 0 saturated heterocycles. The number of nitrogens with zero attached hydrogens (tertiary/aromatic N) is 1. The zero-order valence-corrected chi connectivity index (χ0v) is 9.35. The number of nitrogens with two attached hydrogens (primary N) is 1. The van der Waals surface area contributed by atoms with Gasteiger partial charge in [-0.15, -0.1) is 0 Å². The highest BCUT2D eigenvalue weighted by Crippen LogP contribution is 2.24. The SMILES string of the molecule is Nc1ccc2oc(Nc3ccccc3F)nc2c1. The van der Waals surface area contributed by atoms with Crippen molar-refractivity contribution in [3.05, 3.63) is 48.3 Å². The Kier molecular flexibility index (Phi) is 2.37. The van der Waals surface area contributed by atoms with Crippen LogP contribution in [0.2, 0.25) is 0 Å². The van der Waals surface area contributed by atoms with Crippen LogP contribution in [0, 0.1) is 5.82 Å². The van der Waals surface area contributed by atoms with Gasteiger partial charge in [0, 0.05) is 5.69 Å². The van der Waals surface area contributed by atoms with Gasteiger partial charge in [0.2, 0.25) is 0 Å². The highest BCUT2D eigenvalue weighted by Gasteiger charge is 2.08. The van der Waals surface area contributed by atoms with E-state index in [1.54, 1.807) is 36.4 Å². The molecule has 0 aliphatic carbocycles. The molecular weight excluding hydrogens is 233 g/mol. The second kappa shape index (κ2) is 4.03. The predicted octanol–water partition coefficient (Wildman–Crippen LogP) is 3.29. The van der Waals surface area contributed by atoms with Crippen LogP contribution in [0.25, 0.3) is 11.1 Å². The minimum Gasteiger partial charge on any atom is -0.423 e. The lowest BCUT2D eigenvalue weighted by Crippen LogP contribution is -1.92. The topological polar surface area (TPSA) is 64.1 Å². The molecule has 3 rings (SSSR count). The Balaban J connectivity index is 1.98. The van der Waals surface area contributed by atoms with Crippen molar-refractivity contribution in [2.24, 2.45) is 0 Å². The third-order valence-corrected chi connectivity index (χ3v) is 2.53. The Morgan fingerprint density at radius 2 is 2.00 bits per heavy atom. The Hall–Kier alpha value is -2.56. The summed E-state index contributed by atoms with van der Waals surface area (Å²) in [5.74, 6) is -0.362. The lowest BCUT2D eigenvalue weighted by atomic mass is 10.3. The molecule has 5 heteroatoms. The maximum Gasteiger partial charge on any atom is 0.300 e. The van der Waals surface area contributed by atoms with E-state index in [0.717, 1.165) is 0 Å². The summed E-state index contributed by atoms with van der Waals surface area (Å²) in [7, 11) is 0. The molecule has 0 bridgehead atoms. The highest BCUT2D eigenvalue weighted by atomic mass is 19.1. The summed E-state index contributed by atoms with van der Waals surface area (Å²) in [6.07, 6.45) is 0. The van der Waals surface area contributed by atoms with E-state index in [9.17, 15) is 4.39 Å². The van der Waals surface area contributed by atoms with Crippen molar-refractivity contribution in [1.82, 2.24) is 4.98 Å². The van der Waals surface area contributed by atoms with Gasteiger partial charge < -0.3 is 15.5 Å². The molecule has 3 N–H and O–H groups in total. The van der Waals surface area contributed by atoms with Crippen LogP contribution >= 0.6 is 0 Å². The van der Waals surface area contributed by atoms with Gasteiger partial charge in [0.1, 0.15) is 11.3 Å². The van der Waals surface area contributed by atoms with Gasteiger partial charge in [-0.05, 0) is 30.3 Å². The van der Waals surface area contributed by atoms with E-state index in [1.807, 2.05) is 0 Å². The third kappa shape index (κ3) is 1.86. The number of benzene rings is 2. The van der Waals surface area contributed by atoms with Crippen LogP contribution < -0.4 is 11.1 Å². The fraction of sp³-hybridized carbons (Fsp3) is 0. The normalized spacial score (nSPS) is 10.7. The first kappa shape index (κ1) is 10.6. The molecule has 18 heavy (non-hydrogen) atoms. The van der Waals surface area contributed by atoms with E-state index < -0.39 is 0 Å². The number of fused-ring (bicyclic) bond motifs is 1. The van der Waals surface area contributed by atoms with Crippen molar-refractivity contribution in [1.29, 1.82) is 0 Å². The smallest absolute Gasteiger partial charge is 0.300 e. The molecule has 90 valence electrons. The molecule has 0 amide bonds. The molecular formula is C13H10FN3O. The molecule has 2 aromatic carbocycles. The van der Waals surface area contributed by atoms with Crippen molar-refractivity contribution in [3.63, 3.8) is 0 Å². The maximum atomic E-state index is 13.4. The predicted molar refractivity (Wildman–Crippen MR) is 68.1 cm³/mol. The largest absolute Gasteiger partial charge is 0.423 e. The molecule has 0 unspecified atom stereocenters. The van der Waals surface area contributed by atoms with E-state index in [1.165, 1.54) is 6.07 Å². The number of anilines is 3. The number of oxazole rings is 1. The number of nitrogen functional groups attached to an aromatic ring is 1. The molecule has 0 fully saturated rings. The van der Waals surface area contributed by atoms with E-state index >= 15 is 0 Å². The molecule has 0 aliphatic rings. The Morgan fingerprint density at radius 1 is 1.17 bits per heavy atom. The Labute approximate surface area is 102 Å². The number of aromatic nitrogens is 1. The lowest BCUT2D eigenvalue weighted by Gasteiger charge is -2.01. The van der Waals surface area contributed by atoms with Crippen molar-refractivity contribution in [3.8, 4) is 0 Å². The summed E-state index contributed by atoms with van der Waals surface area (Å²) in [5, 5.41) is 2.79. The average Bonchev–Trinajstić information content (AvgIpc) is 2.73. The van der Waals surface area contributed by atoms with Gasteiger partial charge >= 0.3 is 0 Å². The molecule has 1 aromatic heterocycles. The van der Waals surface area contributed by atoms with Gasteiger partial charge in [0.05, 0.1) is 5.69 Å². The molecule has 0 saturated carbocycles. The first-order valence-corrected chi connectivity index (χ1v) is 5.40. The van der Waals surface area contributed by atoms with Crippen LogP contribution in [-0.2, 0) is 0 Å². The van der Waals surface area contributed by atoms with Crippen molar-refractivity contribution < 1.29 is 8.81 Å². The summed E-state index contributed by atoms with van der Waals surface area (Å²) in [4.78, 5) is 4.19. The number of hydrogen-bond donors (Lipinski definition) is 2. The summed E-state index contributed by atoms with van der Waals surface area (Å²) < 4.78 is 18.9. The second-order valence-electron chi connectivity index (χ2n) is 3.85. The molecule has 3 aromatic rings. The van der Waals surface area contributed by atoms with Crippen molar-refractivity contribution >= 4 is 28.5 Å². The fourth-order valence-electron chi connectivity index (χ4n) is 1.68. The Morgan fingerprint density at radius 3 is 2.83 bits per heavy atom. The van der Waals surface area contributed by atoms with E-state index in [-0.39, 0.29) is 11.8 Å². The van der Waals surface area contributed by atoms with Crippen LogP contribution in [0.4, 0.5) is 21.8 Å².